The van der Waals surface area contributed by atoms with Gasteiger partial charge in [-0.15, -0.1) is 0 Å². The highest BCUT2D eigenvalue weighted by Gasteiger charge is 2.38. The van der Waals surface area contributed by atoms with Gasteiger partial charge in [-0.1, -0.05) is 78.9 Å². The fraction of sp³-hybridized carbons (Fsp3) is 0.471. The molecule has 4 rings (SSSR count). The predicted octanol–water partition coefficient (Wildman–Crippen LogP) is 1.08. The molecule has 558 valence electrons. The van der Waals surface area contributed by atoms with E-state index in [1.165, 1.54) is 6.20 Å². The molecule has 0 saturated heterocycles. The third kappa shape index (κ3) is 30.0. The Labute approximate surface area is 589 Å². The second kappa shape index (κ2) is 43.0. The normalized spacial score (nSPS) is 14.4. The predicted molar refractivity (Wildman–Crippen MR) is 359 cm³/mol. The van der Waals surface area contributed by atoms with Crippen LogP contribution in [-0.2, 0) is 101 Å². The van der Waals surface area contributed by atoms with E-state index in [2.05, 4.69) is 31.6 Å². The highest BCUT2D eigenvalue weighted by Crippen LogP contribution is 2.26. The molecule has 0 unspecified atom stereocenters. The summed E-state index contributed by atoms with van der Waals surface area (Å²) in [4.78, 5) is 228. The van der Waals surface area contributed by atoms with Crippen molar-refractivity contribution in [2.45, 2.75) is 165 Å². The summed E-state index contributed by atoms with van der Waals surface area (Å²) < 4.78 is 0. The van der Waals surface area contributed by atoms with Gasteiger partial charge in [-0.3, -0.25) is 76.7 Å². The molecule has 33 heteroatoms. The number of carboxylic acids is 7. The van der Waals surface area contributed by atoms with Crippen molar-refractivity contribution in [1.29, 1.82) is 0 Å². The molecule has 0 radical (unpaired) electrons. The summed E-state index contributed by atoms with van der Waals surface area (Å²) in [6, 6.07) is 12.6. The van der Waals surface area contributed by atoms with E-state index in [0.717, 1.165) is 0 Å². The summed E-state index contributed by atoms with van der Waals surface area (Å²) in [5.41, 5.74) is 7.68. The molecular weight excluding hydrogens is 1350 g/mol. The Kier molecular flexibility index (Phi) is 35.3. The number of Topliss-reactive ketones (excluding diaryl/α,β-unsaturated/α-hetero) is 5. The van der Waals surface area contributed by atoms with Crippen LogP contribution in [0.15, 0.2) is 91.1 Å². The zero-order chi connectivity index (χ0) is 76.5. The first kappa shape index (κ1) is 84.5. The van der Waals surface area contributed by atoms with Crippen molar-refractivity contribution in [3.8, 4) is 0 Å². The van der Waals surface area contributed by atoms with Gasteiger partial charge in [0.1, 0.15) is 11.8 Å². The van der Waals surface area contributed by atoms with E-state index in [-0.39, 0.29) is 25.7 Å². The number of fused-ring (bicyclic) bond motifs is 1. The first-order valence-corrected chi connectivity index (χ1v) is 33.1. The van der Waals surface area contributed by atoms with Gasteiger partial charge in [0.2, 0.25) is 29.5 Å². The number of aliphatic carboxylic acids is 7. The Morgan fingerprint density at radius 1 is 0.340 bits per heavy atom. The van der Waals surface area contributed by atoms with E-state index >= 15 is 4.79 Å². The molecule has 17 N–H and O–H groups in total. The number of aliphatic hydroxyl groups is 2. The molecule has 33 nitrogen and oxygen atoms in total. The molecule has 0 aliphatic carbocycles. The van der Waals surface area contributed by atoms with E-state index in [9.17, 15) is 112 Å². The van der Waals surface area contributed by atoms with Crippen molar-refractivity contribution < 1.29 is 127 Å². The summed E-state index contributed by atoms with van der Waals surface area (Å²) in [7, 11) is 0. The molecule has 0 bridgehead atoms. The largest absolute Gasteiger partial charge is 0.481 e. The van der Waals surface area contributed by atoms with Gasteiger partial charge in [-0.05, 0) is 80.5 Å². The maximum atomic E-state index is 15.1. The SMILES string of the molecule is N[C@@H](CCC(=O)O)C(=O)C[C@@H](CO)C(=O)N[C@@H](CCC(=O)O)C(=O)C[C@H](Cc1ccccc1)C(=O)N[C@@H](CCC(=O)O)C(=O)C[C@H](Cc1c[nH]c2ccccc12)C(=O)N[C@@H](CCC(=O)O)C(=O)C[C@H](Cc1ccccc1)C(=O)N[C@@H](CCC(=O)O)C(=O)C[C@@H](CO)C(=O)N[C@@H](CCC(=O)O)C(=O)O. The molecular formula is C70H87N7O26. The highest BCUT2D eigenvalue weighted by atomic mass is 16.4. The Balaban J connectivity index is 1.73. The lowest BCUT2D eigenvalue weighted by Gasteiger charge is -2.27. The number of hydrogen-bond donors (Lipinski definition) is 16. The zero-order valence-corrected chi connectivity index (χ0v) is 56.1. The molecule has 0 spiro atoms. The summed E-state index contributed by atoms with van der Waals surface area (Å²) in [5.74, 6) is -28.1. The number of nitrogens with one attached hydrogen (secondary N) is 6. The second-order valence-electron chi connectivity index (χ2n) is 25.0. The maximum Gasteiger partial charge on any atom is 0.326 e. The van der Waals surface area contributed by atoms with Gasteiger partial charge in [-0.25, -0.2) is 4.79 Å². The number of ketones is 5. The lowest BCUT2D eigenvalue weighted by atomic mass is 9.87. The van der Waals surface area contributed by atoms with Crippen LogP contribution in [0, 0.1) is 29.6 Å². The minimum absolute atomic E-state index is 0.266. The molecule has 4 aromatic rings. The van der Waals surface area contributed by atoms with Crippen LogP contribution in [0.5, 0.6) is 0 Å². The number of aromatic amines is 1. The van der Waals surface area contributed by atoms with Gasteiger partial charge in [0, 0.05) is 105 Å². The average molecular weight is 1440 g/mol. The second-order valence-corrected chi connectivity index (χ2v) is 25.0. The molecule has 1 heterocycles. The van der Waals surface area contributed by atoms with Crippen molar-refractivity contribution in [1.82, 2.24) is 31.6 Å². The topological polar surface area (TPSA) is 574 Å². The van der Waals surface area contributed by atoms with Crippen molar-refractivity contribution in [3.63, 3.8) is 0 Å². The molecule has 0 fully saturated rings. The fourth-order valence-corrected chi connectivity index (χ4v) is 11.3. The molecule has 11 atom stereocenters. The minimum Gasteiger partial charge on any atom is -0.481 e. The van der Waals surface area contributed by atoms with Crippen LogP contribution in [0.2, 0.25) is 0 Å². The van der Waals surface area contributed by atoms with Crippen molar-refractivity contribution >= 4 is 111 Å². The molecule has 0 saturated carbocycles. The molecule has 1 aromatic heterocycles. The number of amides is 5. The molecule has 5 amide bonds. The molecule has 0 aliphatic rings. The molecule has 3 aromatic carbocycles. The third-order valence-corrected chi connectivity index (χ3v) is 17.1. The van der Waals surface area contributed by atoms with Crippen LogP contribution in [0.4, 0.5) is 0 Å². The minimum atomic E-state index is -1.78. The number of H-pyrrole nitrogens is 1. The third-order valence-electron chi connectivity index (χ3n) is 17.1. The number of carbonyl (C=O) groups is 17. The Morgan fingerprint density at radius 3 is 0.961 bits per heavy atom. The molecule has 103 heavy (non-hydrogen) atoms. The number of carbonyl (C=O) groups excluding carboxylic acids is 10. The van der Waals surface area contributed by atoms with Crippen molar-refractivity contribution in [3.05, 3.63) is 108 Å². The van der Waals surface area contributed by atoms with Crippen LogP contribution in [0.3, 0.4) is 0 Å². The number of hydrogen-bond acceptors (Lipinski definition) is 20. The zero-order valence-electron chi connectivity index (χ0n) is 56.1. The Morgan fingerprint density at radius 2 is 0.621 bits per heavy atom. The fourth-order valence-electron chi connectivity index (χ4n) is 11.3. The van der Waals surface area contributed by atoms with Crippen LogP contribution in [0.25, 0.3) is 10.9 Å². The summed E-state index contributed by atoms with van der Waals surface area (Å²) >= 11 is 0. The number of benzene rings is 3. The van der Waals surface area contributed by atoms with Gasteiger partial charge >= 0.3 is 41.8 Å². The quantitative estimate of drug-likeness (QED) is 0.0294. The van der Waals surface area contributed by atoms with E-state index < -0.39 is 282 Å². The maximum absolute atomic E-state index is 15.1. The number of rotatable bonds is 52. The molecule has 0 aliphatic heterocycles. The van der Waals surface area contributed by atoms with Crippen molar-refractivity contribution in [2.75, 3.05) is 13.2 Å². The Hall–Kier alpha value is -10.9. The van der Waals surface area contributed by atoms with Gasteiger partial charge in [0.05, 0.1) is 55.3 Å². The van der Waals surface area contributed by atoms with Gasteiger partial charge < -0.3 is 83.3 Å². The summed E-state index contributed by atoms with van der Waals surface area (Å²) in [6.45, 7) is -2.06. The number of para-hydroxylation sites is 1. The van der Waals surface area contributed by atoms with Gasteiger partial charge in [0.25, 0.3) is 0 Å². The van der Waals surface area contributed by atoms with E-state index in [1.54, 1.807) is 84.9 Å². The lowest BCUT2D eigenvalue weighted by molar-refractivity contribution is -0.144. The van der Waals surface area contributed by atoms with E-state index in [1.807, 2.05) is 0 Å². The van der Waals surface area contributed by atoms with Crippen LogP contribution in [0.1, 0.15) is 126 Å². The summed E-state index contributed by atoms with van der Waals surface area (Å²) in [5, 5.41) is 99.7. The van der Waals surface area contributed by atoms with E-state index in [0.29, 0.717) is 27.6 Å². The average Bonchev–Trinajstić information content (AvgIpc) is 1.72. The first-order valence-electron chi connectivity index (χ1n) is 33.1. The van der Waals surface area contributed by atoms with E-state index in [4.69, 9.17) is 15.9 Å². The smallest absolute Gasteiger partial charge is 0.326 e. The number of carboxylic acid groups (broad SMARTS) is 7. The first-order chi connectivity index (χ1) is 48.8. The van der Waals surface area contributed by atoms with Crippen LogP contribution < -0.4 is 32.3 Å². The van der Waals surface area contributed by atoms with Crippen molar-refractivity contribution in [2.24, 2.45) is 35.3 Å². The van der Waals surface area contributed by atoms with Crippen LogP contribution >= 0.6 is 0 Å². The Bertz CT molecular complexity index is 3670. The van der Waals surface area contributed by atoms with Gasteiger partial charge in [-0.2, -0.15) is 0 Å². The number of nitrogens with two attached hydrogens (primary N) is 1. The standard InChI is InChI=1S/C70H87N7O26/c71-47(15-21-59(85)86)54(80)33-44(36-78)68(100)76-51(18-24-62(91)92)56(82)31-41(28-39-11-5-2-6-12-39)65(97)73-50(17-23-61(89)90)57(83)32-42(29-43-35-72-48-14-8-7-13-46(43)48)67(99)75-49(16-22-60(87)88)55(81)30-40(27-38-9-3-1-4-10-38)66(98)74-52(19-25-63(93)94)58(84)34-45(37-79)69(101)77-53(70(102)103)20-26-64(95)96/h1-14,35,40-42,44-45,47,49-53,72,78-79H,15-34,36-37,71H2,(H,73,97)(H,74,98)(H,75,99)(H,76,100)(H,77,101)(H,85,86)(H,87,88)(H,89,90)(H,91,92)(H,93,94)(H,95,96)(H,102,103)/t40-,41-,42-,44-,45-,47-,49-,50-,51-,52-,53-/m0/s1. The number of aromatic nitrogens is 1. The highest BCUT2D eigenvalue weighted by molar-refractivity contribution is 6.00. The monoisotopic (exact) mass is 1440 g/mol. The number of aliphatic hydroxyl groups excluding tert-OH is 2. The van der Waals surface area contributed by atoms with Crippen LogP contribution in [-0.4, -0.2) is 201 Å². The lowest BCUT2D eigenvalue weighted by Crippen LogP contribution is -2.50. The van der Waals surface area contributed by atoms with Gasteiger partial charge in [0.15, 0.2) is 23.1 Å². The summed E-state index contributed by atoms with van der Waals surface area (Å²) in [6.07, 6.45) is -11.0.